The second-order valence-electron chi connectivity index (χ2n) is 5.96. The van der Waals surface area contributed by atoms with E-state index in [0.717, 1.165) is 5.56 Å². The predicted molar refractivity (Wildman–Crippen MR) is 94.7 cm³/mol. The number of rotatable bonds is 4. The van der Waals surface area contributed by atoms with Crippen LogP contribution in [0.4, 0.5) is 0 Å². The number of esters is 1. The molecule has 1 aliphatic rings. The number of carbonyl (C=O) groups excluding carboxylic acids is 1. The predicted octanol–water partition coefficient (Wildman–Crippen LogP) is 1.02. The Morgan fingerprint density at radius 1 is 1.35 bits per heavy atom. The van der Waals surface area contributed by atoms with Crippen molar-refractivity contribution in [2.24, 2.45) is 5.73 Å². The van der Waals surface area contributed by atoms with Gasteiger partial charge in [-0.1, -0.05) is 30.3 Å². The first kappa shape index (κ1) is 17.8. The number of pyridine rings is 1. The Morgan fingerprint density at radius 3 is 2.65 bits per heavy atom. The van der Waals surface area contributed by atoms with Gasteiger partial charge in [0.05, 0.1) is 25.2 Å². The molecule has 26 heavy (non-hydrogen) atoms. The van der Waals surface area contributed by atoms with Crippen LogP contribution in [0.2, 0.25) is 0 Å². The fraction of sp³-hybridized carbons (Fsp3) is 0.263. The topological polar surface area (TPSA) is 104 Å². The number of aryl methyl sites for hydroxylation is 1. The second-order valence-corrected chi connectivity index (χ2v) is 5.96. The molecule has 1 aromatic heterocycles. The smallest absolute Gasteiger partial charge is 0.340 e. The zero-order chi connectivity index (χ0) is 18.8. The molecule has 1 aromatic carbocycles. The van der Waals surface area contributed by atoms with Crippen molar-refractivity contribution < 1.29 is 19.4 Å². The van der Waals surface area contributed by atoms with Gasteiger partial charge in [0.15, 0.2) is 0 Å². The van der Waals surface area contributed by atoms with Crippen molar-refractivity contribution in [3.05, 3.63) is 75.0 Å². The molecule has 1 aliphatic heterocycles. The van der Waals surface area contributed by atoms with E-state index in [1.54, 1.807) is 13.0 Å². The molecule has 3 N–H and O–H groups in total. The molecule has 2 aromatic rings. The number of benzene rings is 1. The number of aromatic nitrogens is 1. The normalized spacial score (nSPS) is 16.0. The van der Waals surface area contributed by atoms with Gasteiger partial charge in [0.1, 0.15) is 11.3 Å². The van der Waals surface area contributed by atoms with Crippen LogP contribution in [0.25, 0.3) is 0 Å². The van der Waals surface area contributed by atoms with E-state index >= 15 is 0 Å². The van der Waals surface area contributed by atoms with E-state index in [2.05, 4.69) is 0 Å². The van der Waals surface area contributed by atoms with Gasteiger partial charge in [-0.05, 0) is 12.5 Å². The van der Waals surface area contributed by atoms with Crippen LogP contribution in [0.1, 0.15) is 22.7 Å². The summed E-state index contributed by atoms with van der Waals surface area (Å²) < 4.78 is 11.9. The number of hydrogen-bond acceptors (Lipinski definition) is 6. The summed E-state index contributed by atoms with van der Waals surface area (Å²) in [6, 6.07) is 10.8. The SMILES string of the molecule is COC(=O)C1=C(N)Oc2cc(C)n(CCO)c(=O)c2[C@@H]1c1ccccc1. The molecule has 1 atom stereocenters. The van der Waals surface area contributed by atoms with Crippen molar-refractivity contribution in [3.8, 4) is 5.75 Å². The molecule has 3 rings (SSSR count). The Balaban J connectivity index is 2.32. The fourth-order valence-electron chi connectivity index (χ4n) is 3.25. The second kappa shape index (κ2) is 7.05. The van der Waals surface area contributed by atoms with Gasteiger partial charge in [0.25, 0.3) is 5.56 Å². The highest BCUT2D eigenvalue weighted by Gasteiger charge is 2.38. The van der Waals surface area contributed by atoms with Crippen molar-refractivity contribution in [1.29, 1.82) is 0 Å². The maximum atomic E-state index is 13.1. The molecule has 136 valence electrons. The summed E-state index contributed by atoms with van der Waals surface area (Å²) in [6.45, 7) is 1.71. The maximum absolute atomic E-state index is 13.1. The van der Waals surface area contributed by atoms with Crippen molar-refractivity contribution in [2.75, 3.05) is 13.7 Å². The number of methoxy groups -OCH3 is 1. The van der Waals surface area contributed by atoms with Crippen LogP contribution >= 0.6 is 0 Å². The van der Waals surface area contributed by atoms with E-state index < -0.39 is 11.9 Å². The molecule has 2 heterocycles. The van der Waals surface area contributed by atoms with Crippen LogP contribution in [0.5, 0.6) is 5.75 Å². The summed E-state index contributed by atoms with van der Waals surface area (Å²) in [6.07, 6.45) is 0. The highest BCUT2D eigenvalue weighted by molar-refractivity contribution is 5.92. The highest BCUT2D eigenvalue weighted by atomic mass is 16.5. The lowest BCUT2D eigenvalue weighted by atomic mass is 9.83. The number of aliphatic hydroxyl groups is 1. The zero-order valence-corrected chi connectivity index (χ0v) is 14.6. The van der Waals surface area contributed by atoms with Crippen molar-refractivity contribution in [3.63, 3.8) is 0 Å². The Hall–Kier alpha value is -3.06. The monoisotopic (exact) mass is 356 g/mol. The molecule has 0 spiro atoms. The van der Waals surface area contributed by atoms with E-state index in [0.29, 0.717) is 17.0 Å². The summed E-state index contributed by atoms with van der Waals surface area (Å²) in [5, 5.41) is 9.28. The number of ether oxygens (including phenoxy) is 2. The van der Waals surface area contributed by atoms with Crippen molar-refractivity contribution in [2.45, 2.75) is 19.4 Å². The molecule has 7 heteroatoms. The van der Waals surface area contributed by atoms with Crippen LogP contribution < -0.4 is 16.0 Å². The molecule has 0 saturated carbocycles. The minimum absolute atomic E-state index is 0.0858. The Labute approximate surface area is 150 Å². The molecular formula is C19H20N2O5. The van der Waals surface area contributed by atoms with Gasteiger partial charge in [-0.3, -0.25) is 4.79 Å². The van der Waals surface area contributed by atoms with Crippen LogP contribution in [0.15, 0.2) is 52.6 Å². The number of nitrogens with zero attached hydrogens (tertiary/aromatic N) is 1. The minimum atomic E-state index is -0.717. The average molecular weight is 356 g/mol. The Kier molecular flexibility index (Phi) is 4.81. The summed E-state index contributed by atoms with van der Waals surface area (Å²) in [4.78, 5) is 25.5. The lowest BCUT2D eigenvalue weighted by Gasteiger charge is -2.28. The first-order valence-electron chi connectivity index (χ1n) is 8.15. The average Bonchev–Trinajstić information content (AvgIpc) is 2.64. The van der Waals surface area contributed by atoms with Crippen molar-refractivity contribution >= 4 is 5.97 Å². The largest absolute Gasteiger partial charge is 0.465 e. The maximum Gasteiger partial charge on any atom is 0.340 e. The van der Waals surface area contributed by atoms with E-state index in [4.69, 9.17) is 15.2 Å². The highest BCUT2D eigenvalue weighted by Crippen LogP contribution is 2.41. The molecule has 0 saturated heterocycles. The fourth-order valence-corrected chi connectivity index (χ4v) is 3.25. The third-order valence-corrected chi connectivity index (χ3v) is 4.43. The lowest BCUT2D eigenvalue weighted by Crippen LogP contribution is -2.35. The van der Waals surface area contributed by atoms with Gasteiger partial charge in [-0.2, -0.15) is 0 Å². The summed E-state index contributed by atoms with van der Waals surface area (Å²) >= 11 is 0. The number of nitrogens with two attached hydrogens (primary N) is 1. The first-order valence-corrected chi connectivity index (χ1v) is 8.15. The molecule has 0 bridgehead atoms. The van der Waals surface area contributed by atoms with Gasteiger partial charge in [0.2, 0.25) is 5.88 Å². The molecule has 0 unspecified atom stereocenters. The number of hydrogen-bond donors (Lipinski definition) is 2. The number of carbonyl (C=O) groups is 1. The molecule has 7 nitrogen and oxygen atoms in total. The van der Waals surface area contributed by atoms with E-state index in [1.165, 1.54) is 11.7 Å². The molecule has 0 aliphatic carbocycles. The van der Waals surface area contributed by atoms with E-state index in [9.17, 15) is 14.7 Å². The molecule has 0 amide bonds. The van der Waals surface area contributed by atoms with E-state index in [1.807, 2.05) is 30.3 Å². The van der Waals surface area contributed by atoms with Gasteiger partial charge in [0, 0.05) is 18.3 Å². The first-order chi connectivity index (χ1) is 12.5. The Bertz CT molecular complexity index is 931. The van der Waals surface area contributed by atoms with Gasteiger partial charge < -0.3 is 24.9 Å². The van der Waals surface area contributed by atoms with E-state index in [-0.39, 0.29) is 30.2 Å². The van der Waals surface area contributed by atoms with Gasteiger partial charge >= 0.3 is 5.97 Å². The third-order valence-electron chi connectivity index (χ3n) is 4.43. The number of aliphatic hydroxyl groups excluding tert-OH is 1. The van der Waals surface area contributed by atoms with Crippen LogP contribution in [0.3, 0.4) is 0 Å². The van der Waals surface area contributed by atoms with Gasteiger partial charge in [-0.25, -0.2) is 4.79 Å². The van der Waals surface area contributed by atoms with Crippen LogP contribution in [0, 0.1) is 6.92 Å². The summed E-state index contributed by atoms with van der Waals surface area (Å²) in [5.74, 6) is -1.15. The number of fused-ring (bicyclic) bond motifs is 1. The molecular weight excluding hydrogens is 336 g/mol. The van der Waals surface area contributed by atoms with Crippen LogP contribution in [-0.2, 0) is 16.1 Å². The quantitative estimate of drug-likeness (QED) is 0.793. The molecule has 0 fully saturated rings. The molecule has 0 radical (unpaired) electrons. The minimum Gasteiger partial charge on any atom is -0.465 e. The zero-order valence-electron chi connectivity index (χ0n) is 14.6. The standard InChI is InChI=1S/C19H20N2O5/c1-11-10-13-15(18(23)21(11)8-9-22)14(12-6-4-3-5-7-12)16(17(20)26-13)19(24)25-2/h3-7,10,14,22H,8-9,20H2,1-2H3/t14-/m0/s1. The van der Waals surface area contributed by atoms with Crippen LogP contribution in [-0.4, -0.2) is 29.4 Å². The third kappa shape index (κ3) is 2.86. The summed E-state index contributed by atoms with van der Waals surface area (Å²) in [7, 11) is 1.25. The van der Waals surface area contributed by atoms with Crippen molar-refractivity contribution in [1.82, 2.24) is 4.57 Å². The Morgan fingerprint density at radius 2 is 2.04 bits per heavy atom. The van der Waals surface area contributed by atoms with Gasteiger partial charge in [-0.15, -0.1) is 0 Å². The lowest BCUT2D eigenvalue weighted by molar-refractivity contribution is -0.136. The summed E-state index contributed by atoms with van der Waals surface area (Å²) in [5.41, 5.74) is 7.40.